The molecule has 3 rings (SSSR count). The van der Waals surface area contributed by atoms with Gasteiger partial charge in [-0.25, -0.2) is 0 Å². The van der Waals surface area contributed by atoms with Crippen molar-refractivity contribution in [1.29, 1.82) is 0 Å². The molecule has 0 spiro atoms. The molecule has 28 heavy (non-hydrogen) atoms. The van der Waals surface area contributed by atoms with Crippen LogP contribution in [0.5, 0.6) is 17.2 Å². The normalized spacial score (nSPS) is 10.6. The molecule has 3 aromatic rings. The topological polar surface area (TPSA) is 48.0 Å². The fraction of sp³-hybridized carbons (Fsp3) is 0.261. The van der Waals surface area contributed by atoms with E-state index in [0.29, 0.717) is 24.5 Å². The van der Waals surface area contributed by atoms with Crippen molar-refractivity contribution in [2.45, 2.75) is 13.0 Å². The Balaban J connectivity index is 1.69. The van der Waals surface area contributed by atoms with Crippen molar-refractivity contribution in [2.75, 3.05) is 28.4 Å². The average molecular weight is 379 g/mol. The Morgan fingerprint density at radius 3 is 2.18 bits per heavy atom. The predicted octanol–water partition coefficient (Wildman–Crippen LogP) is 4.07. The number of hydrogen-bond acceptors (Lipinski definition) is 4. The molecule has 0 N–H and O–H groups in total. The highest BCUT2D eigenvalue weighted by molar-refractivity contribution is 5.85. The number of carbonyl (C=O) groups excluding carboxylic acids is 1. The number of amides is 1. The number of methoxy groups -OCH3 is 3. The first kappa shape index (κ1) is 19.5. The van der Waals surface area contributed by atoms with Gasteiger partial charge in [-0.3, -0.25) is 4.79 Å². The standard InChI is InChI=1S/C23H25NO4/c1-24(23(25)13-16-6-10-21(27-3)22(12-16)28-4)15-17-5-7-19-14-20(26-2)9-8-18(19)11-17/h5-12,14H,13,15H2,1-4H3. The molecule has 0 atom stereocenters. The van der Waals surface area contributed by atoms with Crippen LogP contribution in [0.2, 0.25) is 0 Å². The maximum atomic E-state index is 12.7. The van der Waals surface area contributed by atoms with Gasteiger partial charge in [0, 0.05) is 13.6 Å². The lowest BCUT2D eigenvalue weighted by Gasteiger charge is -2.18. The van der Waals surface area contributed by atoms with Crippen LogP contribution in [0.1, 0.15) is 11.1 Å². The van der Waals surface area contributed by atoms with Crippen LogP contribution < -0.4 is 14.2 Å². The molecule has 5 nitrogen and oxygen atoms in total. The number of likely N-dealkylation sites (N-methyl/N-ethyl adjacent to an activating group) is 1. The van der Waals surface area contributed by atoms with E-state index in [-0.39, 0.29) is 5.91 Å². The van der Waals surface area contributed by atoms with E-state index in [1.807, 2.05) is 49.5 Å². The number of rotatable bonds is 7. The first-order valence-electron chi connectivity index (χ1n) is 9.05. The number of carbonyl (C=O) groups is 1. The summed E-state index contributed by atoms with van der Waals surface area (Å²) >= 11 is 0. The van der Waals surface area contributed by atoms with Crippen molar-refractivity contribution < 1.29 is 19.0 Å². The van der Waals surface area contributed by atoms with Gasteiger partial charge in [-0.1, -0.05) is 24.3 Å². The van der Waals surface area contributed by atoms with Gasteiger partial charge in [0.15, 0.2) is 11.5 Å². The molecule has 0 aliphatic heterocycles. The average Bonchev–Trinajstić information content (AvgIpc) is 2.73. The molecule has 0 aliphatic carbocycles. The maximum Gasteiger partial charge on any atom is 0.227 e. The number of nitrogens with zero attached hydrogens (tertiary/aromatic N) is 1. The number of benzene rings is 3. The molecule has 0 saturated heterocycles. The summed E-state index contributed by atoms with van der Waals surface area (Å²) in [6.07, 6.45) is 0.307. The minimum Gasteiger partial charge on any atom is -0.497 e. The number of ether oxygens (including phenoxy) is 3. The fourth-order valence-corrected chi connectivity index (χ4v) is 3.16. The van der Waals surface area contributed by atoms with Gasteiger partial charge in [-0.05, 0) is 52.2 Å². The molecular formula is C23H25NO4. The summed E-state index contributed by atoms with van der Waals surface area (Å²) in [5.41, 5.74) is 1.97. The minimum absolute atomic E-state index is 0.0436. The third-order valence-corrected chi connectivity index (χ3v) is 4.76. The largest absolute Gasteiger partial charge is 0.497 e. The van der Waals surface area contributed by atoms with Crippen molar-refractivity contribution >= 4 is 16.7 Å². The van der Waals surface area contributed by atoms with Gasteiger partial charge in [0.05, 0.1) is 27.8 Å². The Morgan fingerprint density at radius 2 is 1.46 bits per heavy atom. The summed E-state index contributed by atoms with van der Waals surface area (Å²) in [7, 11) is 6.66. The number of fused-ring (bicyclic) bond motifs is 1. The fourth-order valence-electron chi connectivity index (χ4n) is 3.16. The Kier molecular flexibility index (Phi) is 6.04. The third kappa shape index (κ3) is 4.36. The summed E-state index contributed by atoms with van der Waals surface area (Å²) in [5.74, 6) is 2.16. The Labute approximate surface area is 165 Å². The molecule has 0 radical (unpaired) electrons. The monoisotopic (exact) mass is 379 g/mol. The second kappa shape index (κ2) is 8.65. The predicted molar refractivity (Wildman–Crippen MR) is 110 cm³/mol. The van der Waals surface area contributed by atoms with Gasteiger partial charge in [-0.2, -0.15) is 0 Å². The molecule has 3 aromatic carbocycles. The van der Waals surface area contributed by atoms with Gasteiger partial charge < -0.3 is 19.1 Å². The van der Waals surface area contributed by atoms with Crippen molar-refractivity contribution in [1.82, 2.24) is 4.90 Å². The SMILES string of the molecule is COc1ccc2cc(CN(C)C(=O)Cc3ccc(OC)c(OC)c3)ccc2c1. The van der Waals surface area contributed by atoms with Gasteiger partial charge in [0.1, 0.15) is 5.75 Å². The minimum atomic E-state index is 0.0436. The molecule has 146 valence electrons. The Hall–Kier alpha value is -3.21. The Morgan fingerprint density at radius 1 is 0.786 bits per heavy atom. The molecule has 0 aliphatic rings. The van der Waals surface area contributed by atoms with Crippen LogP contribution in [0.15, 0.2) is 54.6 Å². The van der Waals surface area contributed by atoms with E-state index in [4.69, 9.17) is 14.2 Å². The molecule has 0 aromatic heterocycles. The molecule has 0 bridgehead atoms. The summed E-state index contributed by atoms with van der Waals surface area (Å²) in [6, 6.07) is 17.7. The van der Waals surface area contributed by atoms with E-state index in [1.54, 1.807) is 26.2 Å². The lowest BCUT2D eigenvalue weighted by atomic mass is 10.1. The van der Waals surface area contributed by atoms with Gasteiger partial charge in [0.25, 0.3) is 0 Å². The van der Waals surface area contributed by atoms with E-state index in [1.165, 1.54) is 0 Å². The van der Waals surface area contributed by atoms with Crippen LogP contribution in [0.3, 0.4) is 0 Å². The zero-order chi connectivity index (χ0) is 20.1. The van der Waals surface area contributed by atoms with Crippen molar-refractivity contribution in [3.8, 4) is 17.2 Å². The second-order valence-corrected chi connectivity index (χ2v) is 6.66. The van der Waals surface area contributed by atoms with Gasteiger partial charge in [-0.15, -0.1) is 0 Å². The van der Waals surface area contributed by atoms with E-state index in [2.05, 4.69) is 12.1 Å². The first-order valence-corrected chi connectivity index (χ1v) is 9.05. The smallest absolute Gasteiger partial charge is 0.227 e. The van der Waals surface area contributed by atoms with E-state index >= 15 is 0 Å². The van der Waals surface area contributed by atoms with E-state index in [0.717, 1.165) is 27.6 Å². The number of hydrogen-bond donors (Lipinski definition) is 0. The van der Waals surface area contributed by atoms with Crippen LogP contribution in [0.4, 0.5) is 0 Å². The lowest BCUT2D eigenvalue weighted by Crippen LogP contribution is -2.27. The highest BCUT2D eigenvalue weighted by Gasteiger charge is 2.13. The highest BCUT2D eigenvalue weighted by atomic mass is 16.5. The summed E-state index contributed by atoms with van der Waals surface area (Å²) in [6.45, 7) is 0.550. The molecule has 1 amide bonds. The summed E-state index contributed by atoms with van der Waals surface area (Å²) in [4.78, 5) is 14.4. The highest BCUT2D eigenvalue weighted by Crippen LogP contribution is 2.28. The van der Waals surface area contributed by atoms with Crippen LogP contribution >= 0.6 is 0 Å². The van der Waals surface area contributed by atoms with E-state index in [9.17, 15) is 4.79 Å². The van der Waals surface area contributed by atoms with Crippen molar-refractivity contribution in [2.24, 2.45) is 0 Å². The third-order valence-electron chi connectivity index (χ3n) is 4.76. The van der Waals surface area contributed by atoms with Crippen LogP contribution in [0.25, 0.3) is 10.8 Å². The van der Waals surface area contributed by atoms with Crippen molar-refractivity contribution in [3.63, 3.8) is 0 Å². The zero-order valence-electron chi connectivity index (χ0n) is 16.7. The molecule has 0 saturated carbocycles. The van der Waals surface area contributed by atoms with Crippen LogP contribution in [-0.2, 0) is 17.8 Å². The summed E-state index contributed by atoms with van der Waals surface area (Å²) < 4.78 is 15.8. The molecule has 0 unspecified atom stereocenters. The second-order valence-electron chi connectivity index (χ2n) is 6.66. The van der Waals surface area contributed by atoms with Crippen LogP contribution in [-0.4, -0.2) is 39.2 Å². The molecule has 0 fully saturated rings. The first-order chi connectivity index (χ1) is 13.5. The van der Waals surface area contributed by atoms with Crippen LogP contribution in [0, 0.1) is 0 Å². The summed E-state index contributed by atoms with van der Waals surface area (Å²) in [5, 5.41) is 2.24. The van der Waals surface area contributed by atoms with Gasteiger partial charge in [0.2, 0.25) is 5.91 Å². The molecular weight excluding hydrogens is 354 g/mol. The maximum absolute atomic E-state index is 12.7. The van der Waals surface area contributed by atoms with Gasteiger partial charge >= 0.3 is 0 Å². The zero-order valence-corrected chi connectivity index (χ0v) is 16.7. The Bertz CT molecular complexity index is 983. The quantitative estimate of drug-likeness (QED) is 0.621. The van der Waals surface area contributed by atoms with Crippen molar-refractivity contribution in [3.05, 3.63) is 65.7 Å². The van der Waals surface area contributed by atoms with E-state index < -0.39 is 0 Å². The lowest BCUT2D eigenvalue weighted by molar-refractivity contribution is -0.129. The molecule has 5 heteroatoms. The molecule has 0 heterocycles.